The molecule has 0 amide bonds. The van der Waals surface area contributed by atoms with Crippen LogP contribution in [0.5, 0.6) is 5.75 Å². The van der Waals surface area contributed by atoms with Gasteiger partial charge >= 0.3 is 0 Å². The van der Waals surface area contributed by atoms with Gasteiger partial charge in [0.25, 0.3) is 0 Å². The maximum Gasteiger partial charge on any atom is 0.124 e. The number of phenolic OH excluding ortho intramolecular Hbond substituents is 1. The monoisotopic (exact) mass is 375 g/mol. The first-order valence-corrected chi connectivity index (χ1v) is 9.46. The van der Waals surface area contributed by atoms with Gasteiger partial charge < -0.3 is 26.9 Å². The van der Waals surface area contributed by atoms with Crippen molar-refractivity contribution in [2.45, 2.75) is 18.9 Å². The molecule has 0 aromatic heterocycles. The Morgan fingerprint density at radius 1 is 1.11 bits per heavy atom. The van der Waals surface area contributed by atoms with Crippen LogP contribution < -0.4 is 16.4 Å². The lowest BCUT2D eigenvalue weighted by Gasteiger charge is -2.54. The molecular weight excluding hydrogens is 350 g/mol. The highest BCUT2D eigenvalue weighted by Gasteiger charge is 2.48. The quantitative estimate of drug-likeness (QED) is 0.344. The number of rotatable bonds is 6. The number of phenols is 1. The van der Waals surface area contributed by atoms with Crippen molar-refractivity contribution in [3.63, 3.8) is 0 Å². The summed E-state index contributed by atoms with van der Waals surface area (Å²) in [4.78, 5) is 0. The molecule has 0 atom stereocenters. The van der Waals surface area contributed by atoms with E-state index in [1.54, 1.807) is 18.2 Å². The first-order valence-electron chi connectivity index (χ1n) is 9.46. The third-order valence-corrected chi connectivity index (χ3v) is 5.70. The van der Waals surface area contributed by atoms with Gasteiger partial charge in [-0.2, -0.15) is 0 Å². The van der Waals surface area contributed by atoms with E-state index in [0.717, 1.165) is 24.3 Å². The zero-order chi connectivity index (χ0) is 19.7. The fourth-order valence-corrected chi connectivity index (χ4v) is 4.08. The summed E-state index contributed by atoms with van der Waals surface area (Å²) in [6.45, 7) is 2.28. The Hall–Kier alpha value is -3.12. The van der Waals surface area contributed by atoms with Gasteiger partial charge in [-0.15, -0.1) is 0 Å². The van der Waals surface area contributed by atoms with Crippen molar-refractivity contribution < 1.29 is 5.11 Å². The fraction of sp³-hybridized carbons (Fsp3) is 0.273. The van der Waals surface area contributed by atoms with Gasteiger partial charge in [-0.3, -0.25) is 5.41 Å². The number of nitrogens with two attached hydrogens (primary N) is 1. The van der Waals surface area contributed by atoms with E-state index in [1.165, 1.54) is 25.0 Å². The zero-order valence-electron chi connectivity index (χ0n) is 15.6. The maximum absolute atomic E-state index is 9.94. The van der Waals surface area contributed by atoms with Crippen LogP contribution in [-0.4, -0.2) is 35.8 Å². The predicted octanol–water partition coefficient (Wildman–Crippen LogP) is 2.94. The van der Waals surface area contributed by atoms with Crippen LogP contribution in [0.1, 0.15) is 24.0 Å². The van der Waals surface area contributed by atoms with Gasteiger partial charge in [0.2, 0.25) is 0 Å². The summed E-state index contributed by atoms with van der Waals surface area (Å²) in [5.74, 6) is -0.0783. The number of allylic oxidation sites excluding steroid dienone is 1. The van der Waals surface area contributed by atoms with E-state index in [0.29, 0.717) is 22.6 Å². The maximum atomic E-state index is 9.94. The fourth-order valence-electron chi connectivity index (χ4n) is 4.08. The van der Waals surface area contributed by atoms with E-state index in [4.69, 9.17) is 16.6 Å². The Labute approximate surface area is 164 Å². The molecule has 2 fully saturated rings. The van der Waals surface area contributed by atoms with Crippen LogP contribution in [0.2, 0.25) is 0 Å². The summed E-state index contributed by atoms with van der Waals surface area (Å²) in [5.41, 5.74) is 9.10. The molecule has 144 valence electrons. The number of nitrogens with one attached hydrogen (secondary N) is 4. The predicted molar refractivity (Wildman–Crippen MR) is 113 cm³/mol. The molecule has 2 aliphatic rings. The highest BCUT2D eigenvalue weighted by atomic mass is 16.3. The van der Waals surface area contributed by atoms with Gasteiger partial charge in [0.15, 0.2) is 0 Å². The number of benzene rings is 2. The third kappa shape index (κ3) is 3.51. The molecule has 28 heavy (non-hydrogen) atoms. The number of hydrogen-bond acceptors (Lipinski definition) is 5. The largest absolute Gasteiger partial charge is 0.507 e. The number of anilines is 1. The highest BCUT2D eigenvalue weighted by molar-refractivity contribution is 6.27. The molecule has 0 radical (unpaired) electrons. The van der Waals surface area contributed by atoms with E-state index < -0.39 is 0 Å². The Morgan fingerprint density at radius 2 is 1.79 bits per heavy atom. The van der Waals surface area contributed by atoms with E-state index in [-0.39, 0.29) is 17.3 Å². The molecule has 2 aromatic rings. The number of hydrogen-bond donors (Lipinski definition) is 6. The van der Waals surface area contributed by atoms with Crippen LogP contribution in [0.25, 0.3) is 5.57 Å². The van der Waals surface area contributed by atoms with Crippen LogP contribution >= 0.6 is 0 Å². The highest BCUT2D eigenvalue weighted by Crippen LogP contribution is 2.45. The lowest BCUT2D eigenvalue weighted by atomic mass is 9.61. The summed E-state index contributed by atoms with van der Waals surface area (Å²) in [6, 6.07) is 15.0. The minimum atomic E-state index is -0.112. The topological polar surface area (TPSA) is 118 Å². The normalized spacial score (nSPS) is 18.2. The van der Waals surface area contributed by atoms with E-state index >= 15 is 0 Å². The Morgan fingerprint density at radius 3 is 2.36 bits per heavy atom. The molecular formula is C22H25N5O. The van der Waals surface area contributed by atoms with Gasteiger partial charge in [-0.05, 0) is 54.2 Å². The second kappa shape index (κ2) is 7.13. The van der Waals surface area contributed by atoms with Crippen molar-refractivity contribution in [2.24, 2.45) is 11.1 Å². The molecule has 7 N–H and O–H groups in total. The van der Waals surface area contributed by atoms with Crippen LogP contribution in [-0.2, 0) is 0 Å². The second-order valence-corrected chi connectivity index (χ2v) is 7.83. The number of para-hydroxylation sites is 1. The van der Waals surface area contributed by atoms with Gasteiger partial charge in [-0.1, -0.05) is 24.3 Å². The van der Waals surface area contributed by atoms with Gasteiger partial charge in [-0.25, -0.2) is 0 Å². The molecule has 0 unspecified atom stereocenters. The summed E-state index contributed by atoms with van der Waals surface area (Å²) < 4.78 is 0. The molecule has 4 rings (SSSR count). The molecule has 0 bridgehead atoms. The molecule has 6 nitrogen and oxygen atoms in total. The summed E-state index contributed by atoms with van der Waals surface area (Å²) in [6.07, 6.45) is 3.94. The smallest absolute Gasteiger partial charge is 0.124 e. The minimum absolute atomic E-state index is 0.0335. The van der Waals surface area contributed by atoms with Crippen molar-refractivity contribution in [1.82, 2.24) is 5.32 Å². The van der Waals surface area contributed by atoms with Crippen molar-refractivity contribution in [1.29, 1.82) is 10.8 Å². The zero-order valence-corrected chi connectivity index (χ0v) is 15.6. The number of amidine groups is 1. The summed E-state index contributed by atoms with van der Waals surface area (Å²) >= 11 is 0. The molecule has 2 aromatic carbocycles. The Kier molecular flexibility index (Phi) is 4.65. The SMILES string of the molecule is N=C(N)/C(=C\C(=N)c1ccccc1O)c1ccc(NC2CC3(CNC3)C2)cc1. The van der Waals surface area contributed by atoms with E-state index in [1.807, 2.05) is 24.3 Å². The summed E-state index contributed by atoms with van der Waals surface area (Å²) in [5, 5.41) is 33.0. The molecule has 6 heteroatoms. The average molecular weight is 375 g/mol. The van der Waals surface area contributed by atoms with Crippen LogP contribution in [0.3, 0.4) is 0 Å². The van der Waals surface area contributed by atoms with Crippen LogP contribution in [0.15, 0.2) is 54.6 Å². The van der Waals surface area contributed by atoms with Crippen LogP contribution in [0.4, 0.5) is 5.69 Å². The Bertz CT molecular complexity index is 936. The lowest BCUT2D eigenvalue weighted by Crippen LogP contribution is -2.63. The molecule has 1 spiro atoms. The van der Waals surface area contributed by atoms with Gasteiger partial charge in [0, 0.05) is 36.0 Å². The third-order valence-electron chi connectivity index (χ3n) is 5.70. The van der Waals surface area contributed by atoms with Crippen molar-refractivity contribution in [3.05, 3.63) is 65.7 Å². The average Bonchev–Trinajstić information content (AvgIpc) is 2.61. The van der Waals surface area contributed by atoms with E-state index in [2.05, 4.69) is 10.6 Å². The van der Waals surface area contributed by atoms with Gasteiger partial charge in [0.1, 0.15) is 11.6 Å². The molecule has 1 saturated heterocycles. The van der Waals surface area contributed by atoms with Crippen molar-refractivity contribution >= 4 is 22.8 Å². The molecule has 1 saturated carbocycles. The first-order chi connectivity index (χ1) is 13.5. The molecule has 1 aliphatic carbocycles. The van der Waals surface area contributed by atoms with E-state index in [9.17, 15) is 5.11 Å². The van der Waals surface area contributed by atoms with Crippen LogP contribution in [0, 0.1) is 16.2 Å². The lowest BCUT2D eigenvalue weighted by molar-refractivity contribution is 0.0470. The standard InChI is InChI=1S/C22H25N5O/c23-19(17-3-1-2-4-20(17)28)9-18(21(24)25)14-5-7-15(8-6-14)27-16-10-22(11-16)12-26-13-22/h1-9,16,23,26-28H,10-13H2,(H3,24,25)/b18-9-,23-19?. The molecule has 1 heterocycles. The number of aromatic hydroxyl groups is 1. The van der Waals surface area contributed by atoms with Gasteiger partial charge in [0.05, 0.1) is 5.71 Å². The Balaban J connectivity index is 1.48. The second-order valence-electron chi connectivity index (χ2n) is 7.83. The molecule has 1 aliphatic heterocycles. The first kappa shape index (κ1) is 18.3. The minimum Gasteiger partial charge on any atom is -0.507 e. The van der Waals surface area contributed by atoms with Crippen molar-refractivity contribution in [2.75, 3.05) is 18.4 Å². The van der Waals surface area contributed by atoms with Crippen molar-refractivity contribution in [3.8, 4) is 5.75 Å². The summed E-state index contributed by atoms with van der Waals surface area (Å²) in [7, 11) is 0.